The Bertz CT molecular complexity index is 776. The van der Waals surface area contributed by atoms with Crippen LogP contribution < -0.4 is 20.1 Å². The van der Waals surface area contributed by atoms with Crippen LogP contribution in [0.2, 0.25) is 0 Å². The molecule has 32 heavy (non-hydrogen) atoms. The van der Waals surface area contributed by atoms with E-state index in [1.807, 2.05) is 4.90 Å². The fraction of sp³-hybridized carbons (Fsp3) is 0.636. The molecule has 1 atom stereocenters. The molecule has 0 radical (unpaired) electrons. The summed E-state index contributed by atoms with van der Waals surface area (Å²) in [5, 5.41) is 6.55. The van der Waals surface area contributed by atoms with Crippen LogP contribution in [0, 0.1) is 5.92 Å². The summed E-state index contributed by atoms with van der Waals surface area (Å²) < 4.78 is 34.8. The summed E-state index contributed by atoms with van der Waals surface area (Å²) in [6.45, 7) is -1.11. The van der Waals surface area contributed by atoms with Crippen molar-refractivity contribution in [3.63, 3.8) is 0 Å². The Morgan fingerprint density at radius 2 is 1.97 bits per heavy atom. The molecule has 2 fully saturated rings. The molecule has 1 saturated heterocycles. The zero-order valence-electron chi connectivity index (χ0n) is 18.6. The number of nitrogens with one attached hydrogen (secondary N) is 2. The molecule has 2 N–H and O–H groups in total. The van der Waals surface area contributed by atoms with Crippen molar-refractivity contribution in [3.8, 4) is 11.5 Å². The Morgan fingerprint density at radius 1 is 1.22 bits per heavy atom. The number of rotatable bonds is 7. The first-order valence-electron chi connectivity index (χ1n) is 10.9. The fourth-order valence-corrected chi connectivity index (χ4v) is 4.28. The predicted molar refractivity (Wildman–Crippen MR) is 130 cm³/mol. The van der Waals surface area contributed by atoms with Crippen molar-refractivity contribution in [2.45, 2.75) is 57.7 Å². The van der Waals surface area contributed by atoms with E-state index >= 15 is 0 Å². The first kappa shape index (κ1) is 26.4. The van der Waals surface area contributed by atoms with Gasteiger partial charge in [-0.05, 0) is 37.0 Å². The normalized spacial score (nSPS) is 19.5. The Balaban J connectivity index is 0.00000363. The van der Waals surface area contributed by atoms with Gasteiger partial charge in [0.25, 0.3) is 0 Å². The number of benzene rings is 1. The van der Waals surface area contributed by atoms with E-state index in [2.05, 4.69) is 20.4 Å². The molecule has 180 valence electrons. The van der Waals surface area contributed by atoms with Crippen LogP contribution in [0.5, 0.6) is 11.5 Å². The molecule has 1 amide bonds. The second-order valence-corrected chi connectivity index (χ2v) is 8.04. The minimum atomic E-state index is -2.92. The van der Waals surface area contributed by atoms with Crippen LogP contribution in [0.4, 0.5) is 8.78 Å². The minimum Gasteiger partial charge on any atom is -0.493 e. The molecule has 1 heterocycles. The van der Waals surface area contributed by atoms with Crippen LogP contribution in [0.25, 0.3) is 0 Å². The van der Waals surface area contributed by atoms with Gasteiger partial charge < -0.3 is 25.0 Å². The van der Waals surface area contributed by atoms with Crippen molar-refractivity contribution < 1.29 is 23.0 Å². The number of hydrogen-bond donors (Lipinski definition) is 2. The number of amides is 1. The lowest BCUT2D eigenvalue weighted by Gasteiger charge is -2.26. The minimum absolute atomic E-state index is 0. The van der Waals surface area contributed by atoms with Crippen LogP contribution in [-0.2, 0) is 11.3 Å². The second-order valence-electron chi connectivity index (χ2n) is 8.04. The number of nitrogens with zero attached hydrogens (tertiary/aromatic N) is 2. The molecular formula is C22H33F2IN4O3. The zero-order valence-corrected chi connectivity index (χ0v) is 20.9. The second kappa shape index (κ2) is 13.0. The lowest BCUT2D eigenvalue weighted by molar-refractivity contribution is -0.135. The highest BCUT2D eigenvalue weighted by Crippen LogP contribution is 2.29. The van der Waals surface area contributed by atoms with Crippen LogP contribution in [0.3, 0.4) is 0 Å². The molecular weight excluding hydrogens is 533 g/mol. The van der Waals surface area contributed by atoms with Crippen molar-refractivity contribution >= 4 is 35.8 Å². The van der Waals surface area contributed by atoms with Crippen molar-refractivity contribution in [2.24, 2.45) is 10.9 Å². The monoisotopic (exact) mass is 566 g/mol. The van der Waals surface area contributed by atoms with Crippen LogP contribution in [0.15, 0.2) is 23.2 Å². The molecule has 10 heteroatoms. The van der Waals surface area contributed by atoms with Gasteiger partial charge in [-0.2, -0.15) is 8.78 Å². The molecule has 0 bridgehead atoms. The molecule has 1 aromatic rings. The maximum absolute atomic E-state index is 12.7. The Morgan fingerprint density at radius 3 is 2.62 bits per heavy atom. The van der Waals surface area contributed by atoms with E-state index in [0.29, 0.717) is 19.0 Å². The summed E-state index contributed by atoms with van der Waals surface area (Å²) >= 11 is 0. The topological polar surface area (TPSA) is 75.2 Å². The van der Waals surface area contributed by atoms with Crippen LogP contribution >= 0.6 is 24.0 Å². The Labute approximate surface area is 205 Å². The maximum atomic E-state index is 12.7. The van der Waals surface area contributed by atoms with Gasteiger partial charge in [0, 0.05) is 38.6 Å². The van der Waals surface area contributed by atoms with Gasteiger partial charge in [0.1, 0.15) is 0 Å². The highest BCUT2D eigenvalue weighted by molar-refractivity contribution is 14.0. The first-order valence-corrected chi connectivity index (χ1v) is 10.9. The smallest absolute Gasteiger partial charge is 0.387 e. The molecule has 3 rings (SSSR count). The molecule has 1 aliphatic heterocycles. The maximum Gasteiger partial charge on any atom is 0.387 e. The SMILES string of the molecule is CN=C(NCc1ccc(OC)c(OC(F)F)c1)NC1CCN(C(=O)C2CCCCC2)C1.I. The number of ether oxygens (including phenoxy) is 2. The number of carbonyl (C=O) groups excluding carboxylic acids is 1. The number of guanidine groups is 1. The van der Waals surface area contributed by atoms with E-state index in [1.165, 1.54) is 19.6 Å². The van der Waals surface area contributed by atoms with E-state index in [-0.39, 0.29) is 53.3 Å². The number of methoxy groups -OCH3 is 1. The van der Waals surface area contributed by atoms with Crippen molar-refractivity contribution in [2.75, 3.05) is 27.2 Å². The van der Waals surface area contributed by atoms with Gasteiger partial charge in [0.15, 0.2) is 17.5 Å². The number of hydrogen-bond acceptors (Lipinski definition) is 4. The van der Waals surface area contributed by atoms with Gasteiger partial charge in [-0.1, -0.05) is 25.3 Å². The molecule has 1 aliphatic carbocycles. The van der Waals surface area contributed by atoms with Crippen LogP contribution in [0.1, 0.15) is 44.1 Å². The van der Waals surface area contributed by atoms with E-state index in [4.69, 9.17) is 4.74 Å². The molecule has 0 spiro atoms. The first-order chi connectivity index (χ1) is 15.0. The van der Waals surface area contributed by atoms with E-state index in [9.17, 15) is 13.6 Å². The fourth-order valence-electron chi connectivity index (χ4n) is 4.28. The van der Waals surface area contributed by atoms with Gasteiger partial charge in [-0.15, -0.1) is 24.0 Å². The lowest BCUT2D eigenvalue weighted by Crippen LogP contribution is -2.45. The molecule has 1 aromatic carbocycles. The van der Waals surface area contributed by atoms with Crippen molar-refractivity contribution in [1.29, 1.82) is 0 Å². The Hall–Kier alpha value is -1.85. The average Bonchev–Trinajstić information content (AvgIpc) is 3.25. The molecule has 1 saturated carbocycles. The van der Waals surface area contributed by atoms with Gasteiger partial charge in [0.2, 0.25) is 5.91 Å². The predicted octanol–water partition coefficient (Wildman–Crippen LogP) is 3.76. The van der Waals surface area contributed by atoms with E-state index in [0.717, 1.165) is 44.2 Å². The number of alkyl halides is 2. The quantitative estimate of drug-likeness (QED) is 0.299. The summed E-state index contributed by atoms with van der Waals surface area (Å²) in [4.78, 5) is 19.0. The summed E-state index contributed by atoms with van der Waals surface area (Å²) in [7, 11) is 3.08. The Kier molecular flexibility index (Phi) is 10.7. The third-order valence-electron chi connectivity index (χ3n) is 5.92. The van der Waals surface area contributed by atoms with Crippen molar-refractivity contribution in [3.05, 3.63) is 23.8 Å². The average molecular weight is 566 g/mol. The molecule has 0 aromatic heterocycles. The summed E-state index contributed by atoms with van der Waals surface area (Å²) in [6, 6.07) is 5.02. The van der Waals surface area contributed by atoms with Gasteiger partial charge in [-0.3, -0.25) is 9.79 Å². The highest BCUT2D eigenvalue weighted by atomic mass is 127. The van der Waals surface area contributed by atoms with E-state index < -0.39 is 6.61 Å². The zero-order chi connectivity index (χ0) is 22.2. The lowest BCUT2D eigenvalue weighted by atomic mass is 9.88. The third-order valence-corrected chi connectivity index (χ3v) is 5.92. The number of halogens is 3. The molecule has 1 unspecified atom stereocenters. The summed E-state index contributed by atoms with van der Waals surface area (Å²) in [5.41, 5.74) is 0.750. The number of aliphatic imine (C=N–C) groups is 1. The molecule has 7 nitrogen and oxygen atoms in total. The largest absolute Gasteiger partial charge is 0.493 e. The van der Waals surface area contributed by atoms with Gasteiger partial charge in [0.05, 0.1) is 7.11 Å². The summed E-state index contributed by atoms with van der Waals surface area (Å²) in [5.74, 6) is 1.32. The third kappa shape index (κ3) is 7.35. The van der Waals surface area contributed by atoms with E-state index in [1.54, 1.807) is 19.2 Å². The number of carbonyl (C=O) groups is 1. The van der Waals surface area contributed by atoms with Gasteiger partial charge >= 0.3 is 6.61 Å². The molecule has 2 aliphatic rings. The summed E-state index contributed by atoms with van der Waals surface area (Å²) in [6.07, 6.45) is 6.43. The van der Waals surface area contributed by atoms with Gasteiger partial charge in [-0.25, -0.2) is 0 Å². The highest BCUT2D eigenvalue weighted by Gasteiger charge is 2.31. The van der Waals surface area contributed by atoms with Crippen LogP contribution in [-0.4, -0.2) is 56.7 Å². The van der Waals surface area contributed by atoms with Crippen molar-refractivity contribution in [1.82, 2.24) is 15.5 Å². The standard InChI is InChI=1S/C22H32F2N4O3.HI/c1-25-22(26-13-15-8-9-18(30-2)19(12-15)31-21(23)24)27-17-10-11-28(14-17)20(29)16-6-4-3-5-7-16;/h8-9,12,16-17,21H,3-7,10-11,13-14H2,1-2H3,(H2,25,26,27);1H. The number of likely N-dealkylation sites (tertiary alicyclic amines) is 1.